The largest absolute Gasteiger partial charge is 0.495 e. The van der Waals surface area contributed by atoms with Gasteiger partial charge < -0.3 is 27.9 Å². The Labute approximate surface area is 340 Å². The van der Waals surface area contributed by atoms with Crippen LogP contribution in [0.2, 0.25) is 0 Å². The van der Waals surface area contributed by atoms with E-state index in [1.165, 1.54) is 16.2 Å². The number of pyridine rings is 2. The zero-order valence-electron chi connectivity index (χ0n) is 34.7. The summed E-state index contributed by atoms with van der Waals surface area (Å²) in [5.74, 6) is 0. The lowest BCUT2D eigenvalue weighted by Gasteiger charge is -2.32. The third kappa shape index (κ3) is 7.43. The van der Waals surface area contributed by atoms with Crippen molar-refractivity contribution in [2.45, 2.75) is 117 Å². The maximum atomic E-state index is 6.23. The molecule has 3 fully saturated rings. The molecule has 12 heteroatoms. The van der Waals surface area contributed by atoms with Crippen LogP contribution in [-0.2, 0) is 27.9 Å². The van der Waals surface area contributed by atoms with Gasteiger partial charge in [0.1, 0.15) is 0 Å². The summed E-state index contributed by atoms with van der Waals surface area (Å²) in [6.45, 7) is 24.5. The van der Waals surface area contributed by atoms with Gasteiger partial charge in [-0.2, -0.15) is 0 Å². The molecule has 0 spiro atoms. The van der Waals surface area contributed by atoms with Crippen LogP contribution >= 0.6 is 15.9 Å². The Morgan fingerprint density at radius 2 is 0.804 bits per heavy atom. The minimum absolute atomic E-state index is 0.338. The van der Waals surface area contributed by atoms with Crippen LogP contribution in [0.25, 0.3) is 43.4 Å². The average Bonchev–Trinajstić information content (AvgIpc) is 3.61. The SMILES string of the molecule is Brc1cccc2c1ccc1cccnc12.CC1(C)OB(B2OC(C)(C)C(C)(C)O2)OC1(C)C.CC1(C)OB(c2cccc3c2ccc2cccnc23)OC1(C)C. The van der Waals surface area contributed by atoms with E-state index in [0.29, 0.717) is 0 Å². The highest BCUT2D eigenvalue weighted by Gasteiger charge is 2.63. The highest BCUT2D eigenvalue weighted by Crippen LogP contribution is 2.43. The molecule has 0 radical (unpaired) electrons. The van der Waals surface area contributed by atoms with Gasteiger partial charge in [0.15, 0.2) is 0 Å². The highest BCUT2D eigenvalue weighted by molar-refractivity contribution is 9.10. The molecule has 5 heterocycles. The molecular weight excluding hydrogens is 765 g/mol. The van der Waals surface area contributed by atoms with Crippen molar-refractivity contribution in [1.82, 2.24) is 9.97 Å². The van der Waals surface area contributed by atoms with Gasteiger partial charge in [-0.25, -0.2) is 0 Å². The fourth-order valence-electron chi connectivity index (χ4n) is 6.96. The Bertz CT molecular complexity index is 2340. The van der Waals surface area contributed by atoms with Crippen LogP contribution in [-0.4, -0.2) is 64.7 Å². The molecule has 9 rings (SSSR count). The van der Waals surface area contributed by atoms with Gasteiger partial charge >= 0.3 is 21.1 Å². The summed E-state index contributed by atoms with van der Waals surface area (Å²) < 4.78 is 37.4. The Hall–Kier alpha value is -3.35. The van der Waals surface area contributed by atoms with Crippen LogP contribution in [0.1, 0.15) is 83.1 Å². The van der Waals surface area contributed by atoms with Gasteiger partial charge in [-0.15, -0.1) is 0 Å². The van der Waals surface area contributed by atoms with Crippen molar-refractivity contribution in [3.8, 4) is 0 Å². The second-order valence-corrected chi connectivity index (χ2v) is 18.8. The fraction of sp³-hybridized carbons (Fsp3) is 0.409. The molecule has 0 amide bonds. The minimum atomic E-state index is -0.476. The molecule has 56 heavy (non-hydrogen) atoms. The van der Waals surface area contributed by atoms with Crippen molar-refractivity contribution in [2.75, 3.05) is 0 Å². The van der Waals surface area contributed by atoms with Gasteiger partial charge in [0.25, 0.3) is 0 Å². The molecule has 0 bridgehead atoms. The zero-order chi connectivity index (χ0) is 40.5. The molecule has 6 aromatic rings. The van der Waals surface area contributed by atoms with E-state index in [2.05, 4.69) is 120 Å². The van der Waals surface area contributed by atoms with Crippen LogP contribution in [0.4, 0.5) is 0 Å². The molecule has 3 aliphatic heterocycles. The van der Waals surface area contributed by atoms with Gasteiger partial charge in [0.2, 0.25) is 0 Å². The number of rotatable bonds is 2. The normalized spacial score (nSPS) is 21.3. The Morgan fingerprint density at radius 3 is 1.27 bits per heavy atom. The Morgan fingerprint density at radius 1 is 0.411 bits per heavy atom. The molecule has 8 nitrogen and oxygen atoms in total. The summed E-state index contributed by atoms with van der Waals surface area (Å²) >= 11 is 3.55. The van der Waals surface area contributed by atoms with E-state index < -0.39 is 14.0 Å². The van der Waals surface area contributed by atoms with Gasteiger partial charge in [-0.05, 0) is 118 Å². The first kappa shape index (κ1) is 40.8. The summed E-state index contributed by atoms with van der Waals surface area (Å²) in [7, 11) is -1.31. The van der Waals surface area contributed by atoms with Crippen LogP contribution in [0.15, 0.2) is 102 Å². The molecule has 0 N–H and O–H groups in total. The number of benzene rings is 4. The molecule has 0 aliphatic carbocycles. The third-order valence-corrected chi connectivity index (χ3v) is 13.2. The van der Waals surface area contributed by atoms with E-state index in [-0.39, 0.29) is 40.7 Å². The maximum absolute atomic E-state index is 6.23. The number of fused-ring (bicyclic) bond motifs is 6. The van der Waals surface area contributed by atoms with Crippen LogP contribution in [0.3, 0.4) is 0 Å². The second-order valence-electron chi connectivity index (χ2n) is 17.9. The van der Waals surface area contributed by atoms with E-state index >= 15 is 0 Å². The van der Waals surface area contributed by atoms with E-state index in [0.717, 1.165) is 37.1 Å². The van der Waals surface area contributed by atoms with Crippen LogP contribution < -0.4 is 5.46 Å². The monoisotopic (exact) mass is 816 g/mol. The number of nitrogens with zero attached hydrogens (tertiary/aromatic N) is 2. The first-order valence-corrected chi connectivity index (χ1v) is 20.2. The zero-order valence-corrected chi connectivity index (χ0v) is 36.3. The van der Waals surface area contributed by atoms with Gasteiger partial charge in [0.05, 0.1) is 44.6 Å². The predicted octanol–water partition coefficient (Wildman–Crippen LogP) is 10.1. The van der Waals surface area contributed by atoms with Crippen LogP contribution in [0.5, 0.6) is 0 Å². The first-order valence-electron chi connectivity index (χ1n) is 19.4. The van der Waals surface area contributed by atoms with Gasteiger partial charge in [-0.1, -0.05) is 82.7 Å². The van der Waals surface area contributed by atoms with Gasteiger partial charge in [-0.3, -0.25) is 9.97 Å². The molecule has 3 saturated heterocycles. The minimum Gasteiger partial charge on any atom is -0.405 e. The molecule has 0 atom stereocenters. The average molecular weight is 817 g/mol. The number of halogens is 1. The Kier molecular flexibility index (Phi) is 10.6. The highest BCUT2D eigenvalue weighted by atomic mass is 79.9. The van der Waals surface area contributed by atoms with E-state index in [4.69, 9.17) is 27.9 Å². The molecule has 2 aromatic heterocycles. The summed E-state index contributed by atoms with van der Waals surface area (Å²) in [4.78, 5) is 8.98. The molecule has 0 saturated carbocycles. The molecule has 290 valence electrons. The van der Waals surface area contributed by atoms with Gasteiger partial charge in [0, 0.05) is 38.4 Å². The first-order chi connectivity index (χ1) is 26.1. The number of hydrogen-bond acceptors (Lipinski definition) is 8. The maximum Gasteiger partial charge on any atom is 0.495 e. The molecular formula is C44H52B3BrN2O6. The lowest BCUT2D eigenvalue weighted by atomic mass is 9.49. The van der Waals surface area contributed by atoms with Crippen molar-refractivity contribution in [3.63, 3.8) is 0 Å². The molecule has 0 unspecified atom stereocenters. The van der Waals surface area contributed by atoms with Crippen molar-refractivity contribution in [2.24, 2.45) is 0 Å². The smallest absolute Gasteiger partial charge is 0.405 e. The lowest BCUT2D eigenvalue weighted by Crippen LogP contribution is -2.41. The summed E-state index contributed by atoms with van der Waals surface area (Å²) in [5, 5.41) is 7.01. The standard InChI is InChI=1S/C19H20BNO2.C13H8BrN.C12H24B2O4/c1-18(2)19(3,4)23-20(22-18)16-9-5-8-15-14(16)11-10-13-7-6-12-21-17(13)15;14-12-5-1-4-11-10(12)7-6-9-3-2-8-15-13(9)11;1-9(2)10(3,4)16-13(15-9)14-17-11(5,6)12(7,8)18-14/h5-12H,1-4H3;1-8H;1-8H3. The fourth-order valence-corrected chi connectivity index (χ4v) is 7.46. The number of aromatic nitrogens is 2. The predicted molar refractivity (Wildman–Crippen MR) is 234 cm³/mol. The van der Waals surface area contributed by atoms with Crippen molar-refractivity contribution in [3.05, 3.63) is 102 Å². The molecule has 3 aliphatic rings. The van der Waals surface area contributed by atoms with E-state index in [1.54, 1.807) is 0 Å². The van der Waals surface area contributed by atoms with Crippen molar-refractivity contribution in [1.29, 1.82) is 0 Å². The quantitative estimate of drug-likeness (QED) is 0.126. The topological polar surface area (TPSA) is 81.2 Å². The number of hydrogen-bond donors (Lipinski definition) is 0. The summed E-state index contributed by atoms with van der Waals surface area (Å²) in [6.07, 6.45) is 3.67. The van der Waals surface area contributed by atoms with Crippen molar-refractivity contribution < 1.29 is 27.9 Å². The van der Waals surface area contributed by atoms with Crippen molar-refractivity contribution >= 4 is 85.9 Å². The van der Waals surface area contributed by atoms with Crippen LogP contribution in [0, 0.1) is 0 Å². The summed E-state index contributed by atoms with van der Waals surface area (Å²) in [6, 6.07) is 29.0. The Balaban J connectivity index is 0.000000132. The third-order valence-electron chi connectivity index (χ3n) is 12.5. The van der Waals surface area contributed by atoms with E-state index in [1.807, 2.05) is 86.0 Å². The summed E-state index contributed by atoms with van der Waals surface area (Å²) in [5.41, 5.74) is 1.03. The van der Waals surface area contributed by atoms with E-state index in [9.17, 15) is 0 Å². The molecule has 4 aromatic carbocycles. The second kappa shape index (κ2) is 14.5. The lowest BCUT2D eigenvalue weighted by molar-refractivity contribution is 0.00578.